The van der Waals surface area contributed by atoms with Crippen LogP contribution < -0.4 is 10.3 Å². The molecule has 1 heterocycles. The molecule has 4 rings (SSSR count). The fraction of sp³-hybridized carbons (Fsp3) is 0.190. The first-order valence-corrected chi connectivity index (χ1v) is 10.7. The van der Waals surface area contributed by atoms with Gasteiger partial charge in [0.1, 0.15) is 11.4 Å². The predicted molar refractivity (Wildman–Crippen MR) is 108 cm³/mol. The van der Waals surface area contributed by atoms with Crippen LogP contribution in [0.1, 0.15) is 24.8 Å². The lowest BCUT2D eigenvalue weighted by Gasteiger charge is -2.14. The van der Waals surface area contributed by atoms with Crippen molar-refractivity contribution >= 4 is 32.3 Å². The summed E-state index contributed by atoms with van der Waals surface area (Å²) in [7, 11) is -3.46. The van der Waals surface area contributed by atoms with Crippen molar-refractivity contribution in [3.8, 4) is 11.1 Å². The monoisotopic (exact) mass is 399 g/mol. The minimum absolute atomic E-state index is 0.264. The summed E-state index contributed by atoms with van der Waals surface area (Å²) in [5, 5.41) is 0.660. The number of anilines is 1. The van der Waals surface area contributed by atoms with E-state index in [1.54, 1.807) is 24.3 Å². The van der Waals surface area contributed by atoms with E-state index in [4.69, 9.17) is 4.42 Å². The van der Waals surface area contributed by atoms with E-state index in [2.05, 4.69) is 4.72 Å². The molecular weight excluding hydrogens is 381 g/mol. The second-order valence-electron chi connectivity index (χ2n) is 6.85. The molecule has 0 atom stereocenters. The van der Waals surface area contributed by atoms with Crippen molar-refractivity contribution in [1.29, 1.82) is 0 Å². The van der Waals surface area contributed by atoms with E-state index in [9.17, 15) is 17.6 Å². The van der Waals surface area contributed by atoms with Gasteiger partial charge in [-0.1, -0.05) is 18.2 Å². The normalized spacial score (nSPS) is 14.3. The van der Waals surface area contributed by atoms with Gasteiger partial charge in [-0.15, -0.1) is 0 Å². The van der Waals surface area contributed by atoms with Gasteiger partial charge in [-0.05, 0) is 54.7 Å². The highest BCUT2D eigenvalue weighted by Gasteiger charge is 2.21. The molecule has 144 valence electrons. The van der Waals surface area contributed by atoms with E-state index in [0.717, 1.165) is 31.1 Å². The molecule has 7 heteroatoms. The summed E-state index contributed by atoms with van der Waals surface area (Å²) in [5.74, 6) is -0.364. The Bertz CT molecular complexity index is 1260. The molecule has 5 nitrogen and oxygen atoms in total. The standard InChI is InChI=1S/C21H18FNO4S/c1-28(25,26)23-16-10-11-17-18(12-16)27-21(24)20(13-4-2-3-5-13)19(17)14-6-8-15(22)9-7-14/h4,6-12,23H,2-3,5H2,1H3. The van der Waals surface area contributed by atoms with Crippen LogP contribution in [0.3, 0.4) is 0 Å². The molecule has 0 radical (unpaired) electrons. The van der Waals surface area contributed by atoms with Crippen LogP contribution in [-0.4, -0.2) is 14.7 Å². The van der Waals surface area contributed by atoms with Gasteiger partial charge >= 0.3 is 5.63 Å². The Balaban J connectivity index is 2.01. The van der Waals surface area contributed by atoms with Gasteiger partial charge in [-0.2, -0.15) is 0 Å². The summed E-state index contributed by atoms with van der Waals surface area (Å²) in [6, 6.07) is 10.8. The van der Waals surface area contributed by atoms with Crippen molar-refractivity contribution in [2.45, 2.75) is 19.3 Å². The first-order chi connectivity index (χ1) is 13.3. The Morgan fingerprint density at radius 1 is 1.07 bits per heavy atom. The van der Waals surface area contributed by atoms with Gasteiger partial charge in [0.15, 0.2) is 0 Å². The number of sulfonamides is 1. The van der Waals surface area contributed by atoms with E-state index in [1.165, 1.54) is 18.2 Å². The number of fused-ring (bicyclic) bond motifs is 1. The van der Waals surface area contributed by atoms with Gasteiger partial charge in [0.25, 0.3) is 0 Å². The van der Waals surface area contributed by atoms with Gasteiger partial charge in [-0.25, -0.2) is 17.6 Å². The molecule has 28 heavy (non-hydrogen) atoms. The molecule has 0 aliphatic heterocycles. The third-order valence-electron chi connectivity index (χ3n) is 4.71. The number of benzene rings is 2. The largest absolute Gasteiger partial charge is 0.422 e. The maximum atomic E-state index is 13.5. The zero-order chi connectivity index (χ0) is 19.9. The number of hydrogen-bond acceptors (Lipinski definition) is 4. The molecule has 0 unspecified atom stereocenters. The summed E-state index contributed by atoms with van der Waals surface area (Å²) >= 11 is 0. The third-order valence-corrected chi connectivity index (χ3v) is 5.31. The second kappa shape index (κ2) is 6.91. The molecule has 1 aliphatic carbocycles. The molecule has 0 spiro atoms. The van der Waals surface area contributed by atoms with E-state index in [-0.39, 0.29) is 11.4 Å². The van der Waals surface area contributed by atoms with Gasteiger partial charge in [0.2, 0.25) is 10.0 Å². The molecule has 0 saturated carbocycles. The maximum absolute atomic E-state index is 13.5. The molecule has 0 amide bonds. The second-order valence-corrected chi connectivity index (χ2v) is 8.60. The highest BCUT2D eigenvalue weighted by Crippen LogP contribution is 2.38. The van der Waals surface area contributed by atoms with Crippen LogP contribution in [0.25, 0.3) is 27.7 Å². The highest BCUT2D eigenvalue weighted by molar-refractivity contribution is 7.92. The number of halogens is 1. The number of allylic oxidation sites excluding steroid dienone is 2. The van der Waals surface area contributed by atoms with E-state index >= 15 is 0 Å². The average Bonchev–Trinajstić information content (AvgIpc) is 3.14. The van der Waals surface area contributed by atoms with Crippen LogP contribution in [0.15, 0.2) is 57.8 Å². The Morgan fingerprint density at radius 2 is 1.82 bits per heavy atom. The summed E-state index contributed by atoms with van der Waals surface area (Å²) < 4.78 is 44.4. The molecule has 0 fully saturated rings. The first-order valence-electron chi connectivity index (χ1n) is 8.86. The number of rotatable bonds is 4. The minimum atomic E-state index is -3.46. The Labute approximate surface area is 161 Å². The van der Waals surface area contributed by atoms with Crippen molar-refractivity contribution in [2.24, 2.45) is 0 Å². The smallest absolute Gasteiger partial charge is 0.344 e. The topological polar surface area (TPSA) is 76.4 Å². The molecule has 3 aromatic rings. The fourth-order valence-corrected chi connectivity index (χ4v) is 4.14. The molecule has 1 aliphatic rings. The first kappa shape index (κ1) is 18.4. The SMILES string of the molecule is CS(=O)(=O)Nc1ccc2c(-c3ccc(F)cc3)c(C3=CCCC3)c(=O)oc2c1. The van der Waals surface area contributed by atoms with Gasteiger partial charge in [-0.3, -0.25) is 4.72 Å². The zero-order valence-corrected chi connectivity index (χ0v) is 16.0. The molecular formula is C21H18FNO4S. The quantitative estimate of drug-likeness (QED) is 0.654. The molecule has 1 N–H and O–H groups in total. The Morgan fingerprint density at radius 3 is 2.46 bits per heavy atom. The van der Waals surface area contributed by atoms with Crippen LogP contribution >= 0.6 is 0 Å². The highest BCUT2D eigenvalue weighted by atomic mass is 32.2. The number of hydrogen-bond donors (Lipinski definition) is 1. The van der Waals surface area contributed by atoms with E-state index < -0.39 is 15.6 Å². The van der Waals surface area contributed by atoms with Crippen molar-refractivity contribution in [1.82, 2.24) is 0 Å². The third kappa shape index (κ3) is 3.57. The minimum Gasteiger partial charge on any atom is -0.422 e. The lowest BCUT2D eigenvalue weighted by molar-refractivity contribution is 0.559. The molecule has 2 aromatic carbocycles. The van der Waals surface area contributed by atoms with Crippen LogP contribution in [0, 0.1) is 5.82 Å². The zero-order valence-electron chi connectivity index (χ0n) is 15.2. The van der Waals surface area contributed by atoms with E-state index in [1.807, 2.05) is 6.08 Å². The predicted octanol–water partition coefficient (Wildman–Crippen LogP) is 4.54. The summed E-state index contributed by atoms with van der Waals surface area (Å²) in [5.41, 5.74) is 2.86. The van der Waals surface area contributed by atoms with Crippen LogP contribution in [-0.2, 0) is 10.0 Å². The molecule has 0 bridgehead atoms. The van der Waals surface area contributed by atoms with Crippen LogP contribution in [0.2, 0.25) is 0 Å². The van der Waals surface area contributed by atoms with Crippen LogP contribution in [0.5, 0.6) is 0 Å². The van der Waals surface area contributed by atoms with Crippen molar-refractivity contribution in [3.63, 3.8) is 0 Å². The van der Waals surface area contributed by atoms with Crippen LogP contribution in [0.4, 0.5) is 10.1 Å². The average molecular weight is 399 g/mol. The van der Waals surface area contributed by atoms with Crippen molar-refractivity contribution in [3.05, 3.63) is 70.3 Å². The van der Waals surface area contributed by atoms with E-state index in [0.29, 0.717) is 27.8 Å². The fourth-order valence-electron chi connectivity index (χ4n) is 3.58. The van der Waals surface area contributed by atoms with Gasteiger partial charge < -0.3 is 4.42 Å². The number of nitrogens with one attached hydrogen (secondary N) is 1. The van der Waals surface area contributed by atoms with Gasteiger partial charge in [0.05, 0.1) is 17.5 Å². The Hall–Kier alpha value is -2.93. The van der Waals surface area contributed by atoms with Gasteiger partial charge in [0, 0.05) is 17.0 Å². The Kier molecular flexibility index (Phi) is 4.55. The maximum Gasteiger partial charge on any atom is 0.344 e. The van der Waals surface area contributed by atoms with Crippen molar-refractivity contribution in [2.75, 3.05) is 11.0 Å². The summed E-state index contributed by atoms with van der Waals surface area (Å²) in [6.45, 7) is 0. The summed E-state index contributed by atoms with van der Waals surface area (Å²) in [4.78, 5) is 12.9. The lowest BCUT2D eigenvalue weighted by Crippen LogP contribution is -2.11. The summed E-state index contributed by atoms with van der Waals surface area (Å²) in [6.07, 6.45) is 5.72. The molecule has 0 saturated heterocycles. The lowest BCUT2D eigenvalue weighted by atomic mass is 9.92. The van der Waals surface area contributed by atoms with Crippen molar-refractivity contribution < 1.29 is 17.2 Å². The molecule has 1 aromatic heterocycles.